The van der Waals surface area contributed by atoms with Gasteiger partial charge in [-0.1, -0.05) is 0 Å². The molecule has 2 heterocycles. The Kier molecular flexibility index (Phi) is 3.95. The summed E-state index contributed by atoms with van der Waals surface area (Å²) in [5, 5.41) is 12.8. The standard InChI is InChI=1S/C15H19N5O2/c1-9-3-6-13(22-2)14(17-9)19-15(21)18-11-4-5-12-10(7-11)8-16-20-12/h3,6,8,11H,4-5,7H2,1-2H3,(H,16,20)(H2,17,18,19,21)/t11-/m0/s1. The summed E-state index contributed by atoms with van der Waals surface area (Å²) in [5.74, 6) is 0.973. The van der Waals surface area contributed by atoms with Gasteiger partial charge in [-0.15, -0.1) is 0 Å². The van der Waals surface area contributed by atoms with Crippen LogP contribution in [0.4, 0.5) is 10.6 Å². The maximum atomic E-state index is 12.2. The number of urea groups is 1. The minimum Gasteiger partial charge on any atom is -0.493 e. The summed E-state index contributed by atoms with van der Waals surface area (Å²) in [4.78, 5) is 16.5. The molecule has 0 aromatic carbocycles. The molecule has 2 aromatic rings. The van der Waals surface area contributed by atoms with Gasteiger partial charge >= 0.3 is 6.03 Å². The van der Waals surface area contributed by atoms with E-state index in [-0.39, 0.29) is 12.1 Å². The molecule has 7 heteroatoms. The largest absolute Gasteiger partial charge is 0.493 e. The fourth-order valence-electron chi connectivity index (χ4n) is 2.67. The Bertz CT molecular complexity index is 682. The highest BCUT2D eigenvalue weighted by atomic mass is 16.5. The number of amides is 2. The van der Waals surface area contributed by atoms with Crippen molar-refractivity contribution in [3.63, 3.8) is 0 Å². The van der Waals surface area contributed by atoms with Gasteiger partial charge in [-0.3, -0.25) is 10.4 Å². The topological polar surface area (TPSA) is 91.9 Å². The predicted octanol–water partition coefficient (Wildman–Crippen LogP) is 1.80. The van der Waals surface area contributed by atoms with Gasteiger partial charge < -0.3 is 10.1 Å². The molecule has 1 aliphatic rings. The van der Waals surface area contributed by atoms with Crippen LogP contribution in [-0.2, 0) is 12.8 Å². The molecule has 1 aliphatic carbocycles. The predicted molar refractivity (Wildman–Crippen MR) is 82.1 cm³/mol. The van der Waals surface area contributed by atoms with Crippen LogP contribution in [-0.4, -0.2) is 34.4 Å². The Balaban J connectivity index is 1.63. The number of nitrogens with one attached hydrogen (secondary N) is 3. The molecule has 0 spiro atoms. The molecule has 0 saturated heterocycles. The second kappa shape index (κ2) is 6.05. The van der Waals surface area contributed by atoms with E-state index in [1.54, 1.807) is 13.2 Å². The number of anilines is 1. The first-order valence-corrected chi connectivity index (χ1v) is 7.26. The van der Waals surface area contributed by atoms with Crippen LogP contribution < -0.4 is 15.4 Å². The van der Waals surface area contributed by atoms with Gasteiger partial charge in [-0.25, -0.2) is 9.78 Å². The van der Waals surface area contributed by atoms with Crippen molar-refractivity contribution in [2.24, 2.45) is 0 Å². The molecule has 1 atom stereocenters. The van der Waals surface area contributed by atoms with Crippen LogP contribution >= 0.6 is 0 Å². The van der Waals surface area contributed by atoms with Crippen molar-refractivity contribution in [2.75, 3.05) is 12.4 Å². The SMILES string of the molecule is COc1ccc(C)nc1NC(=O)N[C@H]1CCc2[nH]ncc2C1. The number of pyridine rings is 1. The third-order valence-corrected chi connectivity index (χ3v) is 3.80. The summed E-state index contributed by atoms with van der Waals surface area (Å²) in [6.07, 6.45) is 4.40. The molecule has 2 amide bonds. The van der Waals surface area contributed by atoms with Gasteiger partial charge in [0.2, 0.25) is 0 Å². The number of aromatic nitrogens is 3. The monoisotopic (exact) mass is 301 g/mol. The quantitative estimate of drug-likeness (QED) is 0.806. The molecular formula is C15H19N5O2. The minimum absolute atomic E-state index is 0.0981. The van der Waals surface area contributed by atoms with Crippen LogP contribution in [0.15, 0.2) is 18.3 Å². The second-order valence-electron chi connectivity index (χ2n) is 5.42. The number of hydrogen-bond donors (Lipinski definition) is 3. The third-order valence-electron chi connectivity index (χ3n) is 3.80. The average molecular weight is 301 g/mol. The van der Waals surface area contributed by atoms with Crippen molar-refractivity contribution in [2.45, 2.75) is 32.2 Å². The minimum atomic E-state index is -0.270. The Labute approximate surface area is 128 Å². The van der Waals surface area contributed by atoms with Crippen LogP contribution in [0.5, 0.6) is 5.75 Å². The summed E-state index contributed by atoms with van der Waals surface area (Å²) in [7, 11) is 1.55. The zero-order valence-electron chi connectivity index (χ0n) is 12.6. The molecule has 0 radical (unpaired) electrons. The molecule has 2 aromatic heterocycles. The van der Waals surface area contributed by atoms with Crippen LogP contribution in [0.25, 0.3) is 0 Å². The van der Waals surface area contributed by atoms with E-state index in [4.69, 9.17) is 4.74 Å². The van der Waals surface area contributed by atoms with E-state index in [2.05, 4.69) is 25.8 Å². The number of hydrogen-bond acceptors (Lipinski definition) is 4. The van der Waals surface area contributed by atoms with Gasteiger partial charge in [0, 0.05) is 17.4 Å². The Morgan fingerprint density at radius 2 is 2.32 bits per heavy atom. The number of aromatic amines is 1. The second-order valence-corrected chi connectivity index (χ2v) is 5.42. The van der Waals surface area contributed by atoms with Crippen molar-refractivity contribution < 1.29 is 9.53 Å². The van der Waals surface area contributed by atoms with Gasteiger partial charge in [0.25, 0.3) is 0 Å². The molecule has 0 saturated carbocycles. The number of nitrogens with zero attached hydrogens (tertiary/aromatic N) is 2. The van der Waals surface area contributed by atoms with E-state index in [0.717, 1.165) is 25.0 Å². The molecule has 7 nitrogen and oxygen atoms in total. The third kappa shape index (κ3) is 3.03. The zero-order chi connectivity index (χ0) is 15.5. The van der Waals surface area contributed by atoms with Crippen molar-refractivity contribution >= 4 is 11.8 Å². The van der Waals surface area contributed by atoms with E-state index in [1.807, 2.05) is 19.2 Å². The lowest BCUT2D eigenvalue weighted by Gasteiger charge is -2.23. The number of ether oxygens (including phenoxy) is 1. The first kappa shape index (κ1) is 14.4. The molecule has 0 fully saturated rings. The smallest absolute Gasteiger partial charge is 0.320 e. The molecule has 3 N–H and O–H groups in total. The normalized spacial score (nSPS) is 16.7. The molecule has 0 bridgehead atoms. The molecule has 0 unspecified atom stereocenters. The highest BCUT2D eigenvalue weighted by molar-refractivity contribution is 5.89. The number of carbonyl (C=O) groups excluding carboxylic acids is 1. The summed E-state index contributed by atoms with van der Waals surface area (Å²) in [5.41, 5.74) is 3.15. The van der Waals surface area contributed by atoms with Crippen LogP contribution in [0.2, 0.25) is 0 Å². The first-order valence-electron chi connectivity index (χ1n) is 7.26. The van der Waals surface area contributed by atoms with E-state index >= 15 is 0 Å². The van der Waals surface area contributed by atoms with E-state index in [9.17, 15) is 4.79 Å². The van der Waals surface area contributed by atoms with Crippen LogP contribution in [0, 0.1) is 6.92 Å². The Hall–Kier alpha value is -2.57. The van der Waals surface area contributed by atoms with Gasteiger partial charge in [0.1, 0.15) is 0 Å². The molecule has 22 heavy (non-hydrogen) atoms. The molecule has 116 valence electrons. The number of carbonyl (C=O) groups is 1. The van der Waals surface area contributed by atoms with Crippen molar-refractivity contribution in [1.29, 1.82) is 0 Å². The Morgan fingerprint density at radius 3 is 3.14 bits per heavy atom. The number of H-pyrrole nitrogens is 1. The lowest BCUT2D eigenvalue weighted by Crippen LogP contribution is -2.41. The van der Waals surface area contributed by atoms with Crippen molar-refractivity contribution in [1.82, 2.24) is 20.5 Å². The number of fused-ring (bicyclic) bond motifs is 1. The van der Waals surface area contributed by atoms with E-state index < -0.39 is 0 Å². The van der Waals surface area contributed by atoms with Gasteiger partial charge in [0.15, 0.2) is 11.6 Å². The van der Waals surface area contributed by atoms with Gasteiger partial charge in [0.05, 0.1) is 13.3 Å². The summed E-state index contributed by atoms with van der Waals surface area (Å²) < 4.78 is 5.21. The molecule has 0 aliphatic heterocycles. The van der Waals surface area contributed by atoms with E-state index in [1.165, 1.54) is 11.3 Å². The first-order chi connectivity index (χ1) is 10.7. The summed E-state index contributed by atoms with van der Waals surface area (Å²) in [6.45, 7) is 1.87. The van der Waals surface area contributed by atoms with Crippen LogP contribution in [0.1, 0.15) is 23.4 Å². The molecule has 3 rings (SSSR count). The van der Waals surface area contributed by atoms with Crippen LogP contribution in [0.3, 0.4) is 0 Å². The lowest BCUT2D eigenvalue weighted by atomic mass is 9.94. The van der Waals surface area contributed by atoms with Gasteiger partial charge in [-0.05, 0) is 43.9 Å². The van der Waals surface area contributed by atoms with Crippen molar-refractivity contribution in [3.05, 3.63) is 35.3 Å². The fraction of sp³-hybridized carbons (Fsp3) is 0.400. The zero-order valence-corrected chi connectivity index (χ0v) is 12.6. The summed E-state index contributed by atoms with van der Waals surface area (Å²) >= 11 is 0. The number of aryl methyl sites for hydroxylation is 2. The maximum Gasteiger partial charge on any atom is 0.320 e. The summed E-state index contributed by atoms with van der Waals surface area (Å²) in [6, 6.07) is 3.45. The van der Waals surface area contributed by atoms with E-state index in [0.29, 0.717) is 11.6 Å². The molecular weight excluding hydrogens is 282 g/mol. The maximum absolute atomic E-state index is 12.2. The fourth-order valence-corrected chi connectivity index (χ4v) is 2.67. The number of methoxy groups -OCH3 is 1. The highest BCUT2D eigenvalue weighted by Gasteiger charge is 2.22. The van der Waals surface area contributed by atoms with Gasteiger partial charge in [-0.2, -0.15) is 5.10 Å². The average Bonchev–Trinajstić information content (AvgIpc) is 2.95. The highest BCUT2D eigenvalue weighted by Crippen LogP contribution is 2.22. The van der Waals surface area contributed by atoms with Crippen molar-refractivity contribution in [3.8, 4) is 5.75 Å². The number of rotatable bonds is 3. The Morgan fingerprint density at radius 1 is 1.45 bits per heavy atom. The lowest BCUT2D eigenvalue weighted by molar-refractivity contribution is 0.247.